The number of furan rings is 1. The molecule has 2 heterocycles. The molecule has 6 heteroatoms. The van der Waals surface area contributed by atoms with Crippen molar-refractivity contribution in [2.45, 2.75) is 25.8 Å². The molecule has 0 aliphatic rings. The summed E-state index contributed by atoms with van der Waals surface area (Å²) in [6.07, 6.45) is 3.22. The molecule has 0 spiro atoms. The Morgan fingerprint density at radius 2 is 1.85 bits per heavy atom. The third-order valence-corrected chi connectivity index (χ3v) is 4.90. The van der Waals surface area contributed by atoms with Crippen LogP contribution in [-0.2, 0) is 6.42 Å². The van der Waals surface area contributed by atoms with E-state index >= 15 is 0 Å². The SMILES string of the molecule is CC(CCc1ccccc1)NC(=O)c1ccc(NC(=O)c2ccco2)s1. The van der Waals surface area contributed by atoms with Crippen LogP contribution in [0.25, 0.3) is 0 Å². The van der Waals surface area contributed by atoms with Gasteiger partial charge in [-0.1, -0.05) is 30.3 Å². The van der Waals surface area contributed by atoms with Crippen LogP contribution in [0.3, 0.4) is 0 Å². The molecule has 0 saturated heterocycles. The summed E-state index contributed by atoms with van der Waals surface area (Å²) < 4.78 is 5.05. The molecule has 26 heavy (non-hydrogen) atoms. The second kappa shape index (κ2) is 8.49. The van der Waals surface area contributed by atoms with E-state index in [0.29, 0.717) is 9.88 Å². The van der Waals surface area contributed by atoms with Crippen LogP contribution in [0.4, 0.5) is 5.00 Å². The van der Waals surface area contributed by atoms with Crippen LogP contribution in [-0.4, -0.2) is 17.9 Å². The summed E-state index contributed by atoms with van der Waals surface area (Å²) in [7, 11) is 0. The van der Waals surface area contributed by atoms with Gasteiger partial charge in [0.05, 0.1) is 16.1 Å². The summed E-state index contributed by atoms with van der Waals surface area (Å²) in [6.45, 7) is 1.99. The van der Waals surface area contributed by atoms with Crippen molar-refractivity contribution in [1.82, 2.24) is 5.32 Å². The highest BCUT2D eigenvalue weighted by Crippen LogP contribution is 2.23. The smallest absolute Gasteiger partial charge is 0.291 e. The topological polar surface area (TPSA) is 71.3 Å². The van der Waals surface area contributed by atoms with E-state index in [2.05, 4.69) is 22.8 Å². The lowest BCUT2D eigenvalue weighted by atomic mass is 10.1. The van der Waals surface area contributed by atoms with Crippen molar-refractivity contribution in [3.8, 4) is 0 Å². The van der Waals surface area contributed by atoms with Crippen LogP contribution in [0.15, 0.2) is 65.3 Å². The van der Waals surface area contributed by atoms with Gasteiger partial charge in [0.25, 0.3) is 11.8 Å². The Hall–Kier alpha value is -2.86. The molecule has 0 bridgehead atoms. The van der Waals surface area contributed by atoms with E-state index in [9.17, 15) is 9.59 Å². The van der Waals surface area contributed by atoms with Crippen molar-refractivity contribution in [3.05, 3.63) is 77.1 Å². The first-order valence-corrected chi connectivity index (χ1v) is 9.23. The van der Waals surface area contributed by atoms with Crippen LogP contribution >= 0.6 is 11.3 Å². The summed E-state index contributed by atoms with van der Waals surface area (Å²) in [6, 6.07) is 16.9. The summed E-state index contributed by atoms with van der Waals surface area (Å²) in [5.41, 5.74) is 1.26. The average molecular weight is 368 g/mol. The molecule has 1 unspecified atom stereocenters. The minimum absolute atomic E-state index is 0.0611. The Morgan fingerprint density at radius 1 is 1.04 bits per heavy atom. The third kappa shape index (κ3) is 4.83. The lowest BCUT2D eigenvalue weighted by Gasteiger charge is -2.13. The number of aryl methyl sites for hydroxylation is 1. The second-order valence-electron chi connectivity index (χ2n) is 5.99. The van der Waals surface area contributed by atoms with Gasteiger partial charge in [-0.2, -0.15) is 0 Å². The highest BCUT2D eigenvalue weighted by molar-refractivity contribution is 7.18. The minimum atomic E-state index is -0.333. The molecule has 0 radical (unpaired) electrons. The molecule has 2 N–H and O–H groups in total. The number of anilines is 1. The number of amides is 2. The molecule has 3 rings (SSSR count). The van der Waals surface area contributed by atoms with E-state index in [1.807, 2.05) is 25.1 Å². The quantitative estimate of drug-likeness (QED) is 0.651. The number of benzene rings is 1. The van der Waals surface area contributed by atoms with Gasteiger partial charge in [0.2, 0.25) is 0 Å². The zero-order valence-corrected chi connectivity index (χ0v) is 15.2. The Bertz CT molecular complexity index is 856. The van der Waals surface area contributed by atoms with Crippen LogP contribution in [0.5, 0.6) is 0 Å². The molecule has 3 aromatic rings. The molecule has 2 amide bonds. The molecular weight excluding hydrogens is 348 g/mol. The molecule has 1 aromatic carbocycles. The molecule has 2 aromatic heterocycles. The first-order chi connectivity index (χ1) is 12.6. The fraction of sp³-hybridized carbons (Fsp3) is 0.200. The largest absolute Gasteiger partial charge is 0.459 e. The number of thiophene rings is 1. The van der Waals surface area contributed by atoms with E-state index in [1.54, 1.807) is 24.3 Å². The van der Waals surface area contributed by atoms with Crippen LogP contribution in [0.2, 0.25) is 0 Å². The van der Waals surface area contributed by atoms with Crippen molar-refractivity contribution in [2.75, 3.05) is 5.32 Å². The third-order valence-electron chi connectivity index (χ3n) is 3.90. The van der Waals surface area contributed by atoms with E-state index in [-0.39, 0.29) is 23.6 Å². The Labute approximate surface area is 156 Å². The monoisotopic (exact) mass is 368 g/mol. The maximum absolute atomic E-state index is 12.4. The summed E-state index contributed by atoms with van der Waals surface area (Å²) in [5, 5.41) is 6.33. The average Bonchev–Trinajstić information content (AvgIpc) is 3.33. The standard InChI is InChI=1S/C20H20N2O3S/c1-14(9-10-15-6-3-2-4-7-15)21-20(24)17-11-12-18(26-17)22-19(23)16-8-5-13-25-16/h2-8,11-14H,9-10H2,1H3,(H,21,24)(H,22,23). The Morgan fingerprint density at radius 3 is 2.58 bits per heavy atom. The molecule has 5 nitrogen and oxygen atoms in total. The number of hydrogen-bond acceptors (Lipinski definition) is 4. The molecule has 0 aliphatic carbocycles. The van der Waals surface area contributed by atoms with Gasteiger partial charge in [0, 0.05) is 6.04 Å². The van der Waals surface area contributed by atoms with Gasteiger partial charge in [-0.15, -0.1) is 11.3 Å². The zero-order chi connectivity index (χ0) is 18.4. The van der Waals surface area contributed by atoms with Crippen molar-refractivity contribution < 1.29 is 14.0 Å². The predicted octanol–water partition coefficient (Wildman–Crippen LogP) is 4.34. The fourth-order valence-electron chi connectivity index (χ4n) is 2.50. The molecule has 134 valence electrons. The van der Waals surface area contributed by atoms with Crippen molar-refractivity contribution in [3.63, 3.8) is 0 Å². The molecular formula is C20H20N2O3S. The van der Waals surface area contributed by atoms with Crippen molar-refractivity contribution in [1.29, 1.82) is 0 Å². The molecule has 0 fully saturated rings. The van der Waals surface area contributed by atoms with Crippen LogP contribution in [0, 0.1) is 0 Å². The first kappa shape index (κ1) is 17.9. The Balaban J connectivity index is 1.50. The molecule has 0 saturated carbocycles. The first-order valence-electron chi connectivity index (χ1n) is 8.41. The zero-order valence-electron chi connectivity index (χ0n) is 14.4. The van der Waals surface area contributed by atoms with Gasteiger partial charge >= 0.3 is 0 Å². The minimum Gasteiger partial charge on any atom is -0.459 e. The summed E-state index contributed by atoms with van der Waals surface area (Å²) >= 11 is 1.24. The van der Waals surface area contributed by atoms with Gasteiger partial charge in [-0.25, -0.2) is 0 Å². The highest BCUT2D eigenvalue weighted by atomic mass is 32.1. The number of rotatable bonds is 7. The molecule has 0 aliphatic heterocycles. The summed E-state index contributed by atoms with van der Waals surface area (Å²) in [4.78, 5) is 24.9. The lowest BCUT2D eigenvalue weighted by Crippen LogP contribution is -2.32. The van der Waals surface area contributed by atoms with Crippen LogP contribution in [0.1, 0.15) is 39.1 Å². The van der Waals surface area contributed by atoms with E-state index in [1.165, 1.54) is 23.2 Å². The van der Waals surface area contributed by atoms with Crippen molar-refractivity contribution >= 4 is 28.2 Å². The van der Waals surface area contributed by atoms with Gasteiger partial charge in [-0.05, 0) is 49.6 Å². The van der Waals surface area contributed by atoms with E-state index in [4.69, 9.17) is 4.42 Å². The van der Waals surface area contributed by atoms with Gasteiger partial charge in [-0.3, -0.25) is 9.59 Å². The van der Waals surface area contributed by atoms with Gasteiger partial charge in [0.15, 0.2) is 5.76 Å². The maximum Gasteiger partial charge on any atom is 0.291 e. The van der Waals surface area contributed by atoms with Gasteiger partial charge < -0.3 is 15.1 Å². The predicted molar refractivity (Wildman–Crippen MR) is 103 cm³/mol. The highest BCUT2D eigenvalue weighted by Gasteiger charge is 2.15. The number of hydrogen-bond donors (Lipinski definition) is 2. The second-order valence-corrected chi connectivity index (χ2v) is 7.08. The number of nitrogens with one attached hydrogen (secondary N) is 2. The number of carbonyl (C=O) groups excluding carboxylic acids is 2. The lowest BCUT2D eigenvalue weighted by molar-refractivity contribution is 0.0941. The van der Waals surface area contributed by atoms with E-state index < -0.39 is 0 Å². The van der Waals surface area contributed by atoms with Crippen LogP contribution < -0.4 is 10.6 Å². The van der Waals surface area contributed by atoms with Crippen molar-refractivity contribution in [2.24, 2.45) is 0 Å². The number of carbonyl (C=O) groups is 2. The molecule has 1 atom stereocenters. The summed E-state index contributed by atoms with van der Waals surface area (Å²) in [5.74, 6) is -0.229. The fourth-order valence-corrected chi connectivity index (χ4v) is 3.31. The van der Waals surface area contributed by atoms with E-state index in [0.717, 1.165) is 12.8 Å². The normalized spacial score (nSPS) is 11.7. The Kier molecular flexibility index (Phi) is 5.86. The van der Waals surface area contributed by atoms with Gasteiger partial charge in [0.1, 0.15) is 0 Å². The maximum atomic E-state index is 12.4.